The Morgan fingerprint density at radius 1 is 1.06 bits per heavy atom. The van der Waals surface area contributed by atoms with Crippen LogP contribution < -0.4 is 0 Å². The zero-order valence-electron chi connectivity index (χ0n) is 9.01. The number of benzene rings is 1. The fourth-order valence-electron chi connectivity index (χ4n) is 2.15. The van der Waals surface area contributed by atoms with E-state index >= 15 is 0 Å². The Morgan fingerprint density at radius 2 is 1.82 bits per heavy atom. The molecule has 0 spiro atoms. The number of fused-ring (bicyclic) bond motifs is 1. The van der Waals surface area contributed by atoms with E-state index in [2.05, 4.69) is 4.74 Å². The fraction of sp³-hybridized carbons (Fsp3) is 0.231. The Bertz CT molecular complexity index is 580. The van der Waals surface area contributed by atoms with E-state index in [1.165, 1.54) is 0 Å². The SMILES string of the molecule is O=C1CC(c2ccc3ccoc3c2)CC(=O)O1. The topological polar surface area (TPSA) is 56.5 Å². The van der Waals surface area contributed by atoms with Crippen molar-refractivity contribution >= 4 is 22.9 Å². The molecule has 0 aliphatic carbocycles. The van der Waals surface area contributed by atoms with E-state index in [0.717, 1.165) is 16.5 Å². The molecule has 4 heteroatoms. The summed E-state index contributed by atoms with van der Waals surface area (Å²) in [4.78, 5) is 22.4. The van der Waals surface area contributed by atoms with Gasteiger partial charge in [0.1, 0.15) is 5.58 Å². The monoisotopic (exact) mass is 230 g/mol. The predicted octanol–water partition coefficient (Wildman–Crippen LogP) is 2.38. The first-order chi connectivity index (χ1) is 8.22. The van der Waals surface area contributed by atoms with Crippen molar-refractivity contribution in [3.63, 3.8) is 0 Å². The first kappa shape index (κ1) is 10.1. The third kappa shape index (κ3) is 1.82. The Morgan fingerprint density at radius 3 is 2.59 bits per heavy atom. The van der Waals surface area contributed by atoms with Gasteiger partial charge in [-0.15, -0.1) is 0 Å². The molecule has 17 heavy (non-hydrogen) atoms. The van der Waals surface area contributed by atoms with Gasteiger partial charge in [-0.3, -0.25) is 9.59 Å². The van der Waals surface area contributed by atoms with Crippen LogP contribution in [0.4, 0.5) is 0 Å². The quantitative estimate of drug-likeness (QED) is 0.557. The second kappa shape index (κ2) is 3.73. The molecule has 0 unspecified atom stereocenters. The Balaban J connectivity index is 1.96. The maximum Gasteiger partial charge on any atom is 0.314 e. The minimum absolute atomic E-state index is 0.0988. The van der Waals surface area contributed by atoms with Crippen LogP contribution in [0.25, 0.3) is 11.0 Å². The summed E-state index contributed by atoms with van der Waals surface area (Å²) in [7, 11) is 0. The van der Waals surface area contributed by atoms with Gasteiger partial charge in [-0.2, -0.15) is 0 Å². The Hall–Kier alpha value is -2.10. The highest BCUT2D eigenvalue weighted by Gasteiger charge is 2.28. The molecular weight excluding hydrogens is 220 g/mol. The van der Waals surface area contributed by atoms with Crippen LogP contribution in [-0.4, -0.2) is 11.9 Å². The number of hydrogen-bond acceptors (Lipinski definition) is 4. The van der Waals surface area contributed by atoms with Crippen LogP contribution in [0.2, 0.25) is 0 Å². The second-order valence-electron chi connectivity index (χ2n) is 4.17. The van der Waals surface area contributed by atoms with E-state index in [-0.39, 0.29) is 18.8 Å². The molecule has 1 saturated heterocycles. The molecule has 86 valence electrons. The van der Waals surface area contributed by atoms with Gasteiger partial charge < -0.3 is 9.15 Å². The van der Waals surface area contributed by atoms with Crippen LogP contribution in [0.3, 0.4) is 0 Å². The summed E-state index contributed by atoms with van der Waals surface area (Å²) in [6.45, 7) is 0. The fourth-order valence-corrected chi connectivity index (χ4v) is 2.15. The number of cyclic esters (lactones) is 2. The minimum Gasteiger partial charge on any atom is -0.464 e. The van der Waals surface area contributed by atoms with Crippen molar-refractivity contribution in [3.8, 4) is 0 Å². The minimum atomic E-state index is -0.453. The number of rotatable bonds is 1. The third-order valence-corrected chi connectivity index (χ3v) is 3.01. The lowest BCUT2D eigenvalue weighted by Gasteiger charge is -2.19. The number of carbonyl (C=O) groups is 2. The summed E-state index contributed by atoms with van der Waals surface area (Å²) in [5, 5.41) is 1.01. The van der Waals surface area contributed by atoms with Crippen molar-refractivity contribution < 1.29 is 18.7 Å². The molecule has 1 fully saturated rings. The molecule has 3 rings (SSSR count). The van der Waals surface area contributed by atoms with E-state index in [4.69, 9.17) is 4.42 Å². The summed E-state index contributed by atoms with van der Waals surface area (Å²) >= 11 is 0. The molecule has 2 aromatic rings. The highest BCUT2D eigenvalue weighted by atomic mass is 16.6. The van der Waals surface area contributed by atoms with Crippen molar-refractivity contribution in [2.45, 2.75) is 18.8 Å². The van der Waals surface area contributed by atoms with Crippen LogP contribution in [0, 0.1) is 0 Å². The highest BCUT2D eigenvalue weighted by Crippen LogP contribution is 2.30. The second-order valence-corrected chi connectivity index (χ2v) is 4.17. The number of ether oxygens (including phenoxy) is 1. The summed E-state index contributed by atoms with van der Waals surface area (Å²) in [5.41, 5.74) is 1.71. The average molecular weight is 230 g/mol. The molecule has 1 aliphatic heterocycles. The van der Waals surface area contributed by atoms with Crippen LogP contribution in [0.1, 0.15) is 24.3 Å². The molecule has 2 heterocycles. The number of furan rings is 1. The number of hydrogen-bond donors (Lipinski definition) is 0. The summed E-state index contributed by atoms with van der Waals surface area (Å²) < 4.78 is 9.81. The lowest BCUT2D eigenvalue weighted by molar-refractivity contribution is -0.163. The lowest BCUT2D eigenvalue weighted by Crippen LogP contribution is -2.24. The van der Waals surface area contributed by atoms with Crippen molar-refractivity contribution in [3.05, 3.63) is 36.1 Å². The summed E-state index contributed by atoms with van der Waals surface area (Å²) in [6, 6.07) is 7.61. The molecule has 0 atom stereocenters. The smallest absolute Gasteiger partial charge is 0.314 e. The van der Waals surface area contributed by atoms with Gasteiger partial charge in [-0.1, -0.05) is 12.1 Å². The lowest BCUT2D eigenvalue weighted by atomic mass is 9.91. The van der Waals surface area contributed by atoms with Crippen molar-refractivity contribution in [1.82, 2.24) is 0 Å². The predicted molar refractivity (Wildman–Crippen MR) is 59.3 cm³/mol. The van der Waals surface area contributed by atoms with Crippen LogP contribution in [0.5, 0.6) is 0 Å². The number of esters is 2. The molecule has 0 radical (unpaired) electrons. The van der Waals surface area contributed by atoms with E-state index in [0.29, 0.717) is 0 Å². The van der Waals surface area contributed by atoms with Gasteiger partial charge in [-0.05, 0) is 17.7 Å². The van der Waals surface area contributed by atoms with Crippen LogP contribution in [-0.2, 0) is 14.3 Å². The van der Waals surface area contributed by atoms with Crippen molar-refractivity contribution in [2.75, 3.05) is 0 Å². The van der Waals surface area contributed by atoms with Crippen molar-refractivity contribution in [2.24, 2.45) is 0 Å². The molecule has 0 amide bonds. The summed E-state index contributed by atoms with van der Waals surface area (Å²) in [5.74, 6) is -1.00. The van der Waals surface area contributed by atoms with E-state index < -0.39 is 11.9 Å². The van der Waals surface area contributed by atoms with Gasteiger partial charge in [0.25, 0.3) is 0 Å². The Kier molecular flexibility index (Phi) is 2.21. The zero-order chi connectivity index (χ0) is 11.8. The molecular formula is C13H10O4. The van der Waals surface area contributed by atoms with E-state index in [1.54, 1.807) is 6.26 Å². The zero-order valence-corrected chi connectivity index (χ0v) is 9.01. The largest absolute Gasteiger partial charge is 0.464 e. The van der Waals surface area contributed by atoms with Crippen molar-refractivity contribution in [1.29, 1.82) is 0 Å². The number of carbonyl (C=O) groups excluding carboxylic acids is 2. The van der Waals surface area contributed by atoms with Gasteiger partial charge in [0.05, 0.1) is 19.1 Å². The molecule has 1 aliphatic rings. The molecule has 4 nitrogen and oxygen atoms in total. The first-order valence-corrected chi connectivity index (χ1v) is 5.43. The van der Waals surface area contributed by atoms with Gasteiger partial charge in [0, 0.05) is 11.3 Å². The molecule has 0 N–H and O–H groups in total. The first-order valence-electron chi connectivity index (χ1n) is 5.43. The van der Waals surface area contributed by atoms with E-state index in [1.807, 2.05) is 24.3 Å². The normalized spacial score (nSPS) is 17.4. The van der Waals surface area contributed by atoms with E-state index in [9.17, 15) is 9.59 Å². The van der Waals surface area contributed by atoms with Gasteiger partial charge >= 0.3 is 11.9 Å². The molecule has 1 aromatic carbocycles. The van der Waals surface area contributed by atoms with Gasteiger partial charge in [-0.25, -0.2) is 0 Å². The third-order valence-electron chi connectivity index (χ3n) is 3.01. The average Bonchev–Trinajstić information content (AvgIpc) is 2.74. The molecule has 1 aromatic heterocycles. The van der Waals surface area contributed by atoms with Gasteiger partial charge in [0.15, 0.2) is 0 Å². The maximum absolute atomic E-state index is 11.2. The Labute approximate surface area is 97.2 Å². The maximum atomic E-state index is 11.2. The molecule has 0 bridgehead atoms. The van der Waals surface area contributed by atoms with Crippen LogP contribution in [0.15, 0.2) is 34.9 Å². The van der Waals surface area contributed by atoms with Crippen LogP contribution >= 0.6 is 0 Å². The molecule has 0 saturated carbocycles. The van der Waals surface area contributed by atoms with Gasteiger partial charge in [0.2, 0.25) is 0 Å². The standard InChI is InChI=1S/C13H10O4/c14-12-6-10(7-13(15)17-12)9-2-1-8-3-4-16-11(8)5-9/h1-5,10H,6-7H2. The summed E-state index contributed by atoms with van der Waals surface area (Å²) in [6.07, 6.45) is 2.12. The highest BCUT2D eigenvalue weighted by molar-refractivity contribution is 5.89.